The summed E-state index contributed by atoms with van der Waals surface area (Å²) in [5.74, 6) is -0.0285. The summed E-state index contributed by atoms with van der Waals surface area (Å²) in [4.78, 5) is 11.2. The van der Waals surface area contributed by atoms with Gasteiger partial charge in [0.05, 0.1) is 5.56 Å². The largest absolute Gasteiger partial charge is 0.469 e. The molecule has 1 heterocycles. The Morgan fingerprint density at radius 1 is 1.62 bits per heavy atom. The SMILES string of the molecule is Cc1cc(C(=O)NP(N)(N)=O)co1. The standard InChI is InChI=1S/C6H10N3O3P/c1-4-2-5(3-12-4)6(10)9-13(7,8)11/h2-3H,1H3,(H5,7,8,9,10,11). The van der Waals surface area contributed by atoms with Crippen LogP contribution in [0.5, 0.6) is 0 Å². The zero-order chi connectivity index (χ0) is 10.1. The summed E-state index contributed by atoms with van der Waals surface area (Å²) < 4.78 is 15.7. The van der Waals surface area contributed by atoms with Gasteiger partial charge >= 0.3 is 7.59 Å². The molecule has 1 rings (SSSR count). The van der Waals surface area contributed by atoms with E-state index in [9.17, 15) is 9.36 Å². The minimum absolute atomic E-state index is 0.244. The third-order valence-electron chi connectivity index (χ3n) is 1.27. The second-order valence-corrected chi connectivity index (χ2v) is 4.24. The van der Waals surface area contributed by atoms with Gasteiger partial charge in [0, 0.05) is 0 Å². The number of nitrogens with one attached hydrogen (secondary N) is 1. The van der Waals surface area contributed by atoms with Crippen LogP contribution in [0.2, 0.25) is 0 Å². The van der Waals surface area contributed by atoms with Gasteiger partial charge in [-0.25, -0.2) is 0 Å². The number of hydrogen-bond donors (Lipinski definition) is 3. The van der Waals surface area contributed by atoms with E-state index in [-0.39, 0.29) is 5.56 Å². The van der Waals surface area contributed by atoms with Crippen molar-refractivity contribution in [3.05, 3.63) is 23.7 Å². The summed E-state index contributed by atoms with van der Waals surface area (Å²) in [7, 11) is -3.52. The minimum Gasteiger partial charge on any atom is -0.469 e. The molecule has 0 unspecified atom stereocenters. The first-order chi connectivity index (χ1) is 5.88. The molecule has 13 heavy (non-hydrogen) atoms. The van der Waals surface area contributed by atoms with Crippen LogP contribution < -0.4 is 16.1 Å². The van der Waals surface area contributed by atoms with Gasteiger partial charge in [-0.1, -0.05) is 0 Å². The molecule has 5 N–H and O–H groups in total. The Morgan fingerprint density at radius 3 is 2.62 bits per heavy atom. The van der Waals surface area contributed by atoms with Gasteiger partial charge in [0.2, 0.25) is 0 Å². The smallest absolute Gasteiger partial charge is 0.300 e. The third kappa shape index (κ3) is 3.02. The normalized spacial score (nSPS) is 11.3. The van der Waals surface area contributed by atoms with Gasteiger partial charge in [0.15, 0.2) is 0 Å². The first kappa shape index (κ1) is 9.98. The average Bonchev–Trinajstić information content (AvgIpc) is 2.31. The summed E-state index contributed by atoms with van der Waals surface area (Å²) in [5.41, 5.74) is 10.1. The van der Waals surface area contributed by atoms with E-state index in [1.807, 2.05) is 5.09 Å². The van der Waals surface area contributed by atoms with Crippen molar-refractivity contribution in [1.29, 1.82) is 0 Å². The lowest BCUT2D eigenvalue weighted by atomic mass is 10.3. The van der Waals surface area contributed by atoms with E-state index in [1.165, 1.54) is 12.3 Å². The van der Waals surface area contributed by atoms with Gasteiger partial charge in [-0.3, -0.25) is 25.5 Å². The fraction of sp³-hybridized carbons (Fsp3) is 0.167. The van der Waals surface area contributed by atoms with Crippen LogP contribution in [0.3, 0.4) is 0 Å². The molecule has 72 valence electrons. The lowest BCUT2D eigenvalue weighted by molar-refractivity contribution is 0.0980. The zero-order valence-corrected chi connectivity index (χ0v) is 7.88. The van der Waals surface area contributed by atoms with Crippen LogP contribution in [0.25, 0.3) is 0 Å². The van der Waals surface area contributed by atoms with Crippen molar-refractivity contribution in [2.24, 2.45) is 11.0 Å². The van der Waals surface area contributed by atoms with Gasteiger partial charge in [-0.15, -0.1) is 0 Å². The molecule has 0 aromatic carbocycles. The molecule has 0 aliphatic carbocycles. The summed E-state index contributed by atoms with van der Waals surface area (Å²) in [6.07, 6.45) is 1.24. The van der Waals surface area contributed by atoms with Crippen LogP contribution in [-0.4, -0.2) is 5.91 Å². The Hall–Kier alpha value is -1.10. The lowest BCUT2D eigenvalue weighted by Gasteiger charge is -2.06. The molecule has 1 aromatic rings. The first-order valence-corrected chi connectivity index (χ1v) is 5.28. The fourth-order valence-electron chi connectivity index (χ4n) is 0.786. The van der Waals surface area contributed by atoms with Crippen molar-refractivity contribution in [2.45, 2.75) is 6.92 Å². The molecule has 0 spiro atoms. The Morgan fingerprint density at radius 2 is 2.23 bits per heavy atom. The first-order valence-electron chi connectivity index (χ1n) is 3.43. The molecule has 0 bridgehead atoms. The van der Waals surface area contributed by atoms with E-state index in [1.54, 1.807) is 6.92 Å². The van der Waals surface area contributed by atoms with Crippen molar-refractivity contribution in [3.8, 4) is 0 Å². The second kappa shape index (κ2) is 3.33. The van der Waals surface area contributed by atoms with Gasteiger partial charge in [0.1, 0.15) is 12.0 Å². The van der Waals surface area contributed by atoms with Gasteiger partial charge in [-0.05, 0) is 13.0 Å². The van der Waals surface area contributed by atoms with Crippen LogP contribution in [-0.2, 0) is 4.57 Å². The number of carbonyl (C=O) groups is 1. The maximum atomic E-state index is 11.2. The molecule has 0 aliphatic heterocycles. The second-order valence-electron chi connectivity index (χ2n) is 2.60. The van der Waals surface area contributed by atoms with E-state index in [0.717, 1.165) is 0 Å². The summed E-state index contributed by atoms with van der Waals surface area (Å²) in [6.45, 7) is 1.68. The van der Waals surface area contributed by atoms with E-state index < -0.39 is 13.5 Å². The molecule has 0 radical (unpaired) electrons. The number of nitrogens with two attached hydrogens (primary N) is 2. The Labute approximate surface area is 74.8 Å². The van der Waals surface area contributed by atoms with Crippen LogP contribution in [0, 0.1) is 6.92 Å². The minimum atomic E-state index is -3.52. The summed E-state index contributed by atoms with van der Waals surface area (Å²) in [6, 6.07) is 1.49. The molecule has 0 atom stereocenters. The predicted molar refractivity (Wildman–Crippen MR) is 46.9 cm³/mol. The number of hydrogen-bond acceptors (Lipinski definition) is 3. The highest BCUT2D eigenvalue weighted by Crippen LogP contribution is 2.19. The molecular weight excluding hydrogens is 193 g/mol. The number of aryl methyl sites for hydroxylation is 1. The van der Waals surface area contributed by atoms with E-state index >= 15 is 0 Å². The molecule has 6 nitrogen and oxygen atoms in total. The fourth-order valence-corrected chi connectivity index (χ4v) is 1.23. The van der Waals surface area contributed by atoms with E-state index in [2.05, 4.69) is 0 Å². The molecule has 0 saturated heterocycles. The molecular formula is C6H10N3O3P. The van der Waals surface area contributed by atoms with E-state index in [0.29, 0.717) is 5.76 Å². The van der Waals surface area contributed by atoms with Gasteiger partial charge in [0.25, 0.3) is 5.91 Å². The van der Waals surface area contributed by atoms with Gasteiger partial charge in [-0.2, -0.15) is 0 Å². The monoisotopic (exact) mass is 203 g/mol. The highest BCUT2D eigenvalue weighted by atomic mass is 31.2. The highest BCUT2D eigenvalue weighted by molar-refractivity contribution is 7.57. The molecule has 0 aliphatic rings. The Balaban J connectivity index is 2.75. The molecule has 1 amide bonds. The summed E-state index contributed by atoms with van der Waals surface area (Å²) in [5, 5.41) is 1.96. The lowest BCUT2D eigenvalue weighted by Crippen LogP contribution is -2.28. The van der Waals surface area contributed by atoms with Crippen molar-refractivity contribution < 1.29 is 13.8 Å². The quantitative estimate of drug-likeness (QED) is 0.600. The molecule has 0 saturated carbocycles. The summed E-state index contributed by atoms with van der Waals surface area (Å²) >= 11 is 0. The number of furan rings is 1. The van der Waals surface area contributed by atoms with Crippen molar-refractivity contribution in [3.63, 3.8) is 0 Å². The zero-order valence-electron chi connectivity index (χ0n) is 6.98. The van der Waals surface area contributed by atoms with Crippen LogP contribution in [0.1, 0.15) is 16.1 Å². The predicted octanol–water partition coefficient (Wildman–Crippen LogP) is 0.343. The highest BCUT2D eigenvalue weighted by Gasteiger charge is 2.15. The third-order valence-corrected chi connectivity index (χ3v) is 1.82. The van der Waals surface area contributed by atoms with E-state index in [4.69, 9.17) is 15.4 Å². The van der Waals surface area contributed by atoms with Gasteiger partial charge < -0.3 is 4.42 Å². The van der Waals surface area contributed by atoms with Crippen molar-refractivity contribution in [1.82, 2.24) is 5.09 Å². The van der Waals surface area contributed by atoms with Crippen LogP contribution in [0.4, 0.5) is 0 Å². The molecule has 1 aromatic heterocycles. The number of amides is 1. The van der Waals surface area contributed by atoms with Crippen LogP contribution >= 0.6 is 7.59 Å². The Kier molecular flexibility index (Phi) is 2.56. The number of rotatable bonds is 2. The topological polar surface area (TPSA) is 111 Å². The maximum absolute atomic E-state index is 11.2. The average molecular weight is 203 g/mol. The maximum Gasteiger partial charge on any atom is 0.300 e. The van der Waals surface area contributed by atoms with Crippen LogP contribution in [0.15, 0.2) is 16.7 Å². The molecule has 7 heteroatoms. The Bertz CT molecular complexity index is 367. The number of carbonyl (C=O) groups excluding carboxylic acids is 1. The van der Waals surface area contributed by atoms with Crippen molar-refractivity contribution in [2.75, 3.05) is 0 Å². The molecule has 0 fully saturated rings. The van der Waals surface area contributed by atoms with Crippen molar-refractivity contribution >= 4 is 13.5 Å².